The molecule has 5 heteroatoms. The smallest absolute Gasteiger partial charge is 0.334 e. The third kappa shape index (κ3) is 5.50. The summed E-state index contributed by atoms with van der Waals surface area (Å²) >= 11 is 0. The molecule has 0 bridgehead atoms. The van der Waals surface area contributed by atoms with Crippen molar-refractivity contribution in [2.45, 2.75) is 59.2 Å². The average Bonchev–Trinajstić information content (AvgIpc) is 2.35. The van der Waals surface area contributed by atoms with Crippen LogP contribution < -0.4 is 0 Å². The standard InChI is InChI=1S/C13H28O4Si/c1-8-13(3,4)12(14)17-11(2)9-10-18(7,15-5)16-6/h11H,8-10H2,1-7H3. The van der Waals surface area contributed by atoms with Crippen LogP contribution in [-0.2, 0) is 18.4 Å². The Morgan fingerprint density at radius 3 is 2.17 bits per heavy atom. The number of rotatable bonds is 8. The predicted octanol–water partition coefficient (Wildman–Crippen LogP) is 3.11. The Hall–Kier alpha value is -0.393. The molecule has 4 nitrogen and oxygen atoms in total. The van der Waals surface area contributed by atoms with E-state index < -0.39 is 14.0 Å². The van der Waals surface area contributed by atoms with Crippen molar-refractivity contribution in [3.05, 3.63) is 0 Å². The Morgan fingerprint density at radius 1 is 1.28 bits per heavy atom. The van der Waals surface area contributed by atoms with Crippen LogP contribution >= 0.6 is 0 Å². The van der Waals surface area contributed by atoms with Crippen LogP contribution in [0.3, 0.4) is 0 Å². The molecule has 0 N–H and O–H groups in total. The fourth-order valence-electron chi connectivity index (χ4n) is 1.30. The Balaban J connectivity index is 4.21. The Morgan fingerprint density at radius 2 is 1.78 bits per heavy atom. The molecule has 0 heterocycles. The summed E-state index contributed by atoms with van der Waals surface area (Å²) in [5, 5.41) is 0. The molecule has 0 aliphatic carbocycles. The first-order valence-corrected chi connectivity index (χ1v) is 9.04. The number of carbonyl (C=O) groups is 1. The maximum atomic E-state index is 11.9. The van der Waals surface area contributed by atoms with Crippen molar-refractivity contribution in [3.63, 3.8) is 0 Å². The van der Waals surface area contributed by atoms with Gasteiger partial charge in [-0.3, -0.25) is 4.79 Å². The van der Waals surface area contributed by atoms with E-state index in [1.54, 1.807) is 14.2 Å². The van der Waals surface area contributed by atoms with Crippen molar-refractivity contribution in [3.8, 4) is 0 Å². The van der Waals surface area contributed by atoms with Gasteiger partial charge in [0.1, 0.15) is 0 Å². The first-order valence-electron chi connectivity index (χ1n) is 6.52. The highest BCUT2D eigenvalue weighted by molar-refractivity contribution is 6.65. The molecule has 0 spiro atoms. The Labute approximate surface area is 112 Å². The van der Waals surface area contributed by atoms with Gasteiger partial charge in [-0.1, -0.05) is 6.92 Å². The highest BCUT2D eigenvalue weighted by Crippen LogP contribution is 2.24. The van der Waals surface area contributed by atoms with Crippen LogP contribution in [-0.4, -0.2) is 34.9 Å². The third-order valence-corrected chi connectivity index (χ3v) is 6.54. The van der Waals surface area contributed by atoms with Crippen LogP contribution in [0.4, 0.5) is 0 Å². The molecule has 0 saturated carbocycles. The van der Waals surface area contributed by atoms with Gasteiger partial charge < -0.3 is 13.6 Å². The third-order valence-electron chi connectivity index (χ3n) is 3.61. The molecule has 0 aromatic rings. The molecule has 0 fully saturated rings. The molecule has 1 unspecified atom stereocenters. The van der Waals surface area contributed by atoms with Crippen LogP contribution in [0.2, 0.25) is 12.6 Å². The summed E-state index contributed by atoms with van der Waals surface area (Å²) < 4.78 is 16.3. The van der Waals surface area contributed by atoms with Crippen molar-refractivity contribution in [2.24, 2.45) is 5.41 Å². The molecule has 18 heavy (non-hydrogen) atoms. The van der Waals surface area contributed by atoms with Gasteiger partial charge in [0.15, 0.2) is 0 Å². The van der Waals surface area contributed by atoms with Crippen LogP contribution in [0.15, 0.2) is 0 Å². The summed E-state index contributed by atoms with van der Waals surface area (Å²) in [6.45, 7) is 9.74. The Kier molecular flexibility index (Phi) is 7.10. The summed E-state index contributed by atoms with van der Waals surface area (Å²) in [7, 11) is 1.29. The molecular formula is C13H28O4Si. The number of hydrogen-bond acceptors (Lipinski definition) is 4. The quantitative estimate of drug-likeness (QED) is 0.505. The summed E-state index contributed by atoms with van der Waals surface area (Å²) in [6, 6.07) is 0.820. The molecule has 0 aromatic heterocycles. The van der Waals surface area contributed by atoms with Crippen molar-refractivity contribution in [1.82, 2.24) is 0 Å². The van der Waals surface area contributed by atoms with E-state index in [2.05, 4.69) is 0 Å². The summed E-state index contributed by atoms with van der Waals surface area (Å²) in [5.41, 5.74) is -0.405. The lowest BCUT2D eigenvalue weighted by Crippen LogP contribution is -2.37. The lowest BCUT2D eigenvalue weighted by molar-refractivity contribution is -0.159. The fourth-order valence-corrected chi connectivity index (χ4v) is 2.80. The van der Waals surface area contributed by atoms with E-state index in [1.807, 2.05) is 34.2 Å². The van der Waals surface area contributed by atoms with Gasteiger partial charge in [0.2, 0.25) is 0 Å². The summed E-state index contributed by atoms with van der Waals surface area (Å²) in [5.74, 6) is -0.129. The van der Waals surface area contributed by atoms with Crippen molar-refractivity contribution in [2.75, 3.05) is 14.2 Å². The largest absolute Gasteiger partial charge is 0.462 e. The fraction of sp³-hybridized carbons (Fsp3) is 0.923. The number of hydrogen-bond donors (Lipinski definition) is 0. The van der Waals surface area contributed by atoms with E-state index in [0.29, 0.717) is 0 Å². The first kappa shape index (κ1) is 17.6. The second-order valence-corrected chi connectivity index (χ2v) is 9.12. The lowest BCUT2D eigenvalue weighted by Gasteiger charge is -2.26. The second-order valence-electron chi connectivity index (χ2n) is 5.53. The Bertz CT molecular complexity index is 262. The van der Waals surface area contributed by atoms with Gasteiger partial charge in [0.25, 0.3) is 0 Å². The van der Waals surface area contributed by atoms with E-state index in [-0.39, 0.29) is 12.1 Å². The number of carbonyl (C=O) groups excluding carboxylic acids is 1. The minimum atomic E-state index is -2.06. The van der Waals surface area contributed by atoms with E-state index >= 15 is 0 Å². The molecule has 0 aromatic carbocycles. The van der Waals surface area contributed by atoms with Crippen LogP contribution in [0.25, 0.3) is 0 Å². The zero-order chi connectivity index (χ0) is 14.4. The molecule has 0 saturated heterocycles. The molecule has 108 valence electrons. The number of esters is 1. The maximum Gasteiger partial charge on any atom is 0.334 e. The zero-order valence-corrected chi connectivity index (χ0v) is 13.8. The van der Waals surface area contributed by atoms with Crippen LogP contribution in [0.5, 0.6) is 0 Å². The predicted molar refractivity (Wildman–Crippen MR) is 74.7 cm³/mol. The normalized spacial score (nSPS) is 14.4. The van der Waals surface area contributed by atoms with Gasteiger partial charge in [-0.25, -0.2) is 0 Å². The van der Waals surface area contributed by atoms with Gasteiger partial charge >= 0.3 is 14.5 Å². The van der Waals surface area contributed by atoms with Gasteiger partial charge in [-0.05, 0) is 46.2 Å². The molecule has 1 atom stereocenters. The minimum Gasteiger partial charge on any atom is -0.462 e. The molecule has 0 aliphatic rings. The molecule has 0 radical (unpaired) electrons. The van der Waals surface area contributed by atoms with Crippen LogP contribution in [0.1, 0.15) is 40.5 Å². The van der Waals surface area contributed by atoms with Gasteiger partial charge in [0.05, 0.1) is 11.5 Å². The van der Waals surface area contributed by atoms with Gasteiger partial charge in [0, 0.05) is 14.2 Å². The lowest BCUT2D eigenvalue weighted by atomic mass is 9.90. The SMILES string of the molecule is CCC(C)(C)C(=O)OC(C)CC[Si](C)(OC)OC. The van der Waals surface area contributed by atoms with Gasteiger partial charge in [-0.2, -0.15) is 0 Å². The molecular weight excluding hydrogens is 248 g/mol. The first-order chi connectivity index (χ1) is 8.20. The summed E-state index contributed by atoms with van der Waals surface area (Å²) in [4.78, 5) is 11.9. The van der Waals surface area contributed by atoms with Crippen molar-refractivity contribution < 1.29 is 18.4 Å². The van der Waals surface area contributed by atoms with Crippen molar-refractivity contribution in [1.29, 1.82) is 0 Å². The van der Waals surface area contributed by atoms with E-state index in [9.17, 15) is 4.79 Å². The highest BCUT2D eigenvalue weighted by Gasteiger charge is 2.31. The molecule has 0 aliphatic heterocycles. The van der Waals surface area contributed by atoms with Crippen LogP contribution in [0, 0.1) is 5.41 Å². The second kappa shape index (κ2) is 7.26. The van der Waals surface area contributed by atoms with E-state index in [1.165, 1.54) is 0 Å². The minimum absolute atomic E-state index is 0.0968. The number of ether oxygens (including phenoxy) is 1. The van der Waals surface area contributed by atoms with Gasteiger partial charge in [-0.15, -0.1) is 0 Å². The highest BCUT2D eigenvalue weighted by atomic mass is 28.4. The summed E-state index contributed by atoms with van der Waals surface area (Å²) in [6.07, 6.45) is 1.46. The van der Waals surface area contributed by atoms with E-state index in [0.717, 1.165) is 18.9 Å². The van der Waals surface area contributed by atoms with Crippen molar-refractivity contribution >= 4 is 14.5 Å². The topological polar surface area (TPSA) is 44.8 Å². The molecule has 0 rings (SSSR count). The zero-order valence-electron chi connectivity index (χ0n) is 12.8. The monoisotopic (exact) mass is 276 g/mol. The van der Waals surface area contributed by atoms with E-state index in [4.69, 9.17) is 13.6 Å². The average molecular weight is 276 g/mol. The maximum absolute atomic E-state index is 11.9. The molecule has 0 amide bonds.